The van der Waals surface area contributed by atoms with Gasteiger partial charge < -0.3 is 5.11 Å². The Morgan fingerprint density at radius 1 is 1.29 bits per heavy atom. The topological polar surface area (TPSA) is 20.2 Å². The second-order valence-electron chi connectivity index (χ2n) is 4.88. The van der Waals surface area contributed by atoms with Crippen molar-refractivity contribution in [3.63, 3.8) is 0 Å². The van der Waals surface area contributed by atoms with E-state index >= 15 is 0 Å². The molecule has 76 valence electrons. The van der Waals surface area contributed by atoms with E-state index in [9.17, 15) is 5.11 Å². The predicted octanol–water partition coefficient (Wildman–Crippen LogP) is 3.14. The second kappa shape index (κ2) is 3.07. The maximum Gasteiger partial charge on any atom is 0.0910 e. The fourth-order valence-electron chi connectivity index (χ4n) is 2.86. The van der Waals surface area contributed by atoms with E-state index in [0.717, 1.165) is 11.8 Å². The molecule has 0 spiro atoms. The molecule has 0 radical (unpaired) electrons. The molecule has 2 fully saturated rings. The predicted molar refractivity (Wildman–Crippen MR) is 58.3 cm³/mol. The van der Waals surface area contributed by atoms with Crippen LogP contribution in [0.4, 0.5) is 0 Å². The summed E-state index contributed by atoms with van der Waals surface area (Å²) in [6, 6.07) is 4.20. The quantitative estimate of drug-likeness (QED) is 0.791. The van der Waals surface area contributed by atoms with E-state index in [2.05, 4.69) is 19.1 Å². The molecular weight excluding hydrogens is 192 g/mol. The van der Waals surface area contributed by atoms with Gasteiger partial charge in [-0.25, -0.2) is 0 Å². The molecule has 3 rings (SSSR count). The van der Waals surface area contributed by atoms with Crippen LogP contribution in [0, 0.1) is 24.7 Å². The Labute approximate surface area is 88.8 Å². The normalized spacial score (nSPS) is 36.9. The monoisotopic (exact) mass is 208 g/mol. The summed E-state index contributed by atoms with van der Waals surface area (Å²) in [4.78, 5) is 2.48. The summed E-state index contributed by atoms with van der Waals surface area (Å²) in [5.74, 6) is 2.49. The van der Waals surface area contributed by atoms with Crippen LogP contribution < -0.4 is 0 Å². The summed E-state index contributed by atoms with van der Waals surface area (Å²) >= 11 is 1.75. The van der Waals surface area contributed by atoms with Gasteiger partial charge in [0, 0.05) is 9.75 Å². The first-order valence-electron chi connectivity index (χ1n) is 5.48. The van der Waals surface area contributed by atoms with Crippen molar-refractivity contribution < 1.29 is 5.11 Å². The van der Waals surface area contributed by atoms with Crippen LogP contribution in [0.2, 0.25) is 0 Å². The highest BCUT2D eigenvalue weighted by atomic mass is 32.1. The molecule has 0 aromatic carbocycles. The van der Waals surface area contributed by atoms with E-state index in [4.69, 9.17) is 0 Å². The van der Waals surface area contributed by atoms with Crippen molar-refractivity contribution >= 4 is 11.3 Å². The van der Waals surface area contributed by atoms with E-state index in [-0.39, 0.29) is 6.10 Å². The molecule has 2 aliphatic carbocycles. The number of hydrogen-bond donors (Lipinski definition) is 1. The third kappa shape index (κ3) is 1.41. The summed E-state index contributed by atoms with van der Waals surface area (Å²) in [6.45, 7) is 2.10. The van der Waals surface area contributed by atoms with Crippen LogP contribution in [-0.2, 0) is 0 Å². The minimum atomic E-state index is -0.179. The van der Waals surface area contributed by atoms with Crippen LogP contribution in [0.25, 0.3) is 0 Å². The first kappa shape index (κ1) is 8.93. The lowest BCUT2D eigenvalue weighted by Gasteiger charge is -2.17. The molecule has 0 bridgehead atoms. The third-order valence-corrected chi connectivity index (χ3v) is 4.85. The van der Waals surface area contributed by atoms with Crippen LogP contribution in [0.15, 0.2) is 12.1 Å². The molecular formula is C12H16OS. The molecule has 2 heteroatoms. The molecule has 2 aliphatic rings. The lowest BCUT2D eigenvalue weighted by molar-refractivity contribution is 0.108. The lowest BCUT2D eigenvalue weighted by Crippen LogP contribution is -2.09. The van der Waals surface area contributed by atoms with Gasteiger partial charge >= 0.3 is 0 Å². The fourth-order valence-corrected chi connectivity index (χ4v) is 3.82. The van der Waals surface area contributed by atoms with E-state index in [0.29, 0.717) is 5.92 Å². The maximum atomic E-state index is 10.2. The average Bonchev–Trinajstić information content (AvgIpc) is 2.64. The molecule has 0 saturated heterocycles. The van der Waals surface area contributed by atoms with Crippen molar-refractivity contribution in [3.8, 4) is 0 Å². The molecule has 1 aromatic rings. The molecule has 0 aliphatic heterocycles. The standard InChI is InChI=1S/C12H16OS/c1-7-2-3-11(14-7)12(13)10-5-8-4-9(8)6-10/h2-3,8-10,12-13H,4-6H2,1H3. The number of rotatable bonds is 2. The minimum Gasteiger partial charge on any atom is -0.387 e. The Balaban J connectivity index is 1.72. The van der Waals surface area contributed by atoms with Crippen molar-refractivity contribution in [1.29, 1.82) is 0 Å². The molecule has 2 saturated carbocycles. The molecule has 1 aromatic heterocycles. The number of aliphatic hydroxyl groups excluding tert-OH is 1. The van der Waals surface area contributed by atoms with Gasteiger partial charge in [-0.05, 0) is 56.1 Å². The van der Waals surface area contributed by atoms with E-state index in [1.54, 1.807) is 11.3 Å². The zero-order chi connectivity index (χ0) is 9.71. The van der Waals surface area contributed by atoms with Gasteiger partial charge in [-0.15, -0.1) is 11.3 Å². The highest BCUT2D eigenvalue weighted by Gasteiger charge is 2.47. The van der Waals surface area contributed by atoms with E-state index in [1.807, 2.05) is 0 Å². The number of fused-ring (bicyclic) bond motifs is 1. The zero-order valence-electron chi connectivity index (χ0n) is 8.44. The summed E-state index contributed by atoms with van der Waals surface area (Å²) < 4.78 is 0. The Hall–Kier alpha value is -0.340. The van der Waals surface area contributed by atoms with Crippen molar-refractivity contribution in [2.45, 2.75) is 32.3 Å². The van der Waals surface area contributed by atoms with Gasteiger partial charge in [0.05, 0.1) is 6.10 Å². The Bertz CT molecular complexity index is 334. The lowest BCUT2D eigenvalue weighted by atomic mass is 9.96. The first-order valence-corrected chi connectivity index (χ1v) is 6.30. The third-order valence-electron chi connectivity index (χ3n) is 3.78. The van der Waals surface area contributed by atoms with Crippen LogP contribution in [0.3, 0.4) is 0 Å². The van der Waals surface area contributed by atoms with Crippen LogP contribution in [0.1, 0.15) is 35.1 Å². The van der Waals surface area contributed by atoms with Crippen molar-refractivity contribution in [1.82, 2.24) is 0 Å². The highest BCUT2D eigenvalue weighted by Crippen LogP contribution is 2.57. The van der Waals surface area contributed by atoms with Gasteiger partial charge in [0.25, 0.3) is 0 Å². The van der Waals surface area contributed by atoms with E-state index < -0.39 is 0 Å². The zero-order valence-corrected chi connectivity index (χ0v) is 9.26. The molecule has 14 heavy (non-hydrogen) atoms. The van der Waals surface area contributed by atoms with Gasteiger partial charge in [-0.2, -0.15) is 0 Å². The molecule has 1 N–H and O–H groups in total. The molecule has 0 amide bonds. The summed E-state index contributed by atoms with van der Waals surface area (Å²) in [6.07, 6.45) is 3.79. The van der Waals surface area contributed by atoms with Gasteiger partial charge in [-0.3, -0.25) is 0 Å². The maximum absolute atomic E-state index is 10.2. The second-order valence-corrected chi connectivity index (χ2v) is 6.20. The van der Waals surface area contributed by atoms with Crippen LogP contribution in [0.5, 0.6) is 0 Å². The SMILES string of the molecule is Cc1ccc(C(O)C2CC3CC3C2)s1. The Morgan fingerprint density at radius 3 is 2.57 bits per heavy atom. The van der Waals surface area contributed by atoms with Gasteiger partial charge in [0.2, 0.25) is 0 Å². The average molecular weight is 208 g/mol. The number of hydrogen-bond acceptors (Lipinski definition) is 2. The van der Waals surface area contributed by atoms with Crippen molar-refractivity contribution in [2.75, 3.05) is 0 Å². The van der Waals surface area contributed by atoms with Gasteiger partial charge in [0.1, 0.15) is 0 Å². The van der Waals surface area contributed by atoms with Crippen LogP contribution in [-0.4, -0.2) is 5.11 Å². The molecule has 1 heterocycles. The molecule has 3 unspecified atom stereocenters. The van der Waals surface area contributed by atoms with Crippen molar-refractivity contribution in [2.24, 2.45) is 17.8 Å². The largest absolute Gasteiger partial charge is 0.387 e. The molecule has 1 nitrogen and oxygen atoms in total. The number of aliphatic hydroxyl groups is 1. The van der Waals surface area contributed by atoms with E-state index in [1.165, 1.54) is 29.0 Å². The molecule has 3 atom stereocenters. The summed E-state index contributed by atoms with van der Waals surface area (Å²) in [5, 5.41) is 10.2. The fraction of sp³-hybridized carbons (Fsp3) is 0.667. The van der Waals surface area contributed by atoms with Crippen molar-refractivity contribution in [3.05, 3.63) is 21.9 Å². The Morgan fingerprint density at radius 2 is 2.00 bits per heavy atom. The Kier molecular flexibility index (Phi) is 1.96. The van der Waals surface area contributed by atoms with Gasteiger partial charge in [-0.1, -0.05) is 0 Å². The minimum absolute atomic E-state index is 0.179. The van der Waals surface area contributed by atoms with Crippen LogP contribution >= 0.6 is 11.3 Å². The summed E-state index contributed by atoms with van der Waals surface area (Å²) in [7, 11) is 0. The number of thiophene rings is 1. The summed E-state index contributed by atoms with van der Waals surface area (Å²) in [5.41, 5.74) is 0. The van der Waals surface area contributed by atoms with Gasteiger partial charge in [0.15, 0.2) is 0 Å². The smallest absolute Gasteiger partial charge is 0.0910 e. The first-order chi connectivity index (χ1) is 6.74. The highest BCUT2D eigenvalue weighted by molar-refractivity contribution is 7.12. The number of aryl methyl sites for hydroxylation is 1.